The molecule has 1 N–H and O–H groups in total. The number of aryl methyl sites for hydroxylation is 2. The number of para-hydroxylation sites is 1. The predicted octanol–water partition coefficient (Wildman–Crippen LogP) is 3.50. The number of rotatable bonds is 8. The molecular formula is C21H24N4O3S. The number of ether oxygens (including phenoxy) is 1. The smallest absolute Gasteiger partial charge is 0.262 e. The number of aromatic nitrogens is 1. The van der Waals surface area contributed by atoms with Crippen molar-refractivity contribution in [1.82, 2.24) is 10.3 Å². The van der Waals surface area contributed by atoms with E-state index in [0.717, 1.165) is 16.8 Å². The minimum atomic E-state index is -0.462. The first-order valence-corrected chi connectivity index (χ1v) is 9.98. The van der Waals surface area contributed by atoms with Crippen molar-refractivity contribution >= 4 is 40.0 Å². The number of nitriles is 1. The molecule has 29 heavy (non-hydrogen) atoms. The van der Waals surface area contributed by atoms with E-state index in [4.69, 9.17) is 4.74 Å². The Morgan fingerprint density at radius 1 is 1.34 bits per heavy atom. The molecule has 0 spiro atoms. The van der Waals surface area contributed by atoms with Gasteiger partial charge in [-0.2, -0.15) is 5.26 Å². The molecule has 1 aromatic carbocycles. The van der Waals surface area contributed by atoms with Crippen LogP contribution in [0.3, 0.4) is 0 Å². The Labute approximate surface area is 174 Å². The van der Waals surface area contributed by atoms with E-state index in [1.165, 1.54) is 24.3 Å². The van der Waals surface area contributed by atoms with E-state index in [9.17, 15) is 14.9 Å². The number of anilines is 2. The van der Waals surface area contributed by atoms with Gasteiger partial charge in [0.25, 0.3) is 5.91 Å². The van der Waals surface area contributed by atoms with Gasteiger partial charge in [0.15, 0.2) is 5.13 Å². The van der Waals surface area contributed by atoms with Crippen LogP contribution < -0.4 is 10.2 Å². The largest absolute Gasteiger partial charge is 0.385 e. The lowest BCUT2D eigenvalue weighted by molar-refractivity contribution is -0.117. The molecule has 0 aliphatic heterocycles. The molecule has 0 unspecified atom stereocenters. The molecule has 0 bridgehead atoms. The Morgan fingerprint density at radius 3 is 2.62 bits per heavy atom. The maximum absolute atomic E-state index is 12.4. The van der Waals surface area contributed by atoms with Crippen LogP contribution >= 0.6 is 11.3 Å². The Bertz CT molecular complexity index is 939. The van der Waals surface area contributed by atoms with Gasteiger partial charge in [-0.15, -0.1) is 11.3 Å². The van der Waals surface area contributed by atoms with Gasteiger partial charge < -0.3 is 10.1 Å². The molecule has 2 rings (SSSR count). The minimum absolute atomic E-state index is 0.0410. The van der Waals surface area contributed by atoms with Crippen molar-refractivity contribution in [1.29, 1.82) is 5.26 Å². The van der Waals surface area contributed by atoms with E-state index < -0.39 is 5.91 Å². The second-order valence-corrected chi connectivity index (χ2v) is 7.26. The molecular weight excluding hydrogens is 388 g/mol. The fraction of sp³-hybridized carbons (Fsp3) is 0.333. The Kier molecular flexibility index (Phi) is 8.07. The number of carbonyl (C=O) groups is 2. The lowest BCUT2D eigenvalue weighted by Gasteiger charge is -2.22. The zero-order chi connectivity index (χ0) is 21.4. The molecule has 1 heterocycles. The fourth-order valence-electron chi connectivity index (χ4n) is 2.80. The van der Waals surface area contributed by atoms with Gasteiger partial charge in [0.05, 0.1) is 11.4 Å². The normalized spacial score (nSPS) is 11.1. The van der Waals surface area contributed by atoms with Crippen LogP contribution in [0.4, 0.5) is 10.8 Å². The van der Waals surface area contributed by atoms with E-state index >= 15 is 0 Å². The Balaban J connectivity index is 2.27. The summed E-state index contributed by atoms with van der Waals surface area (Å²) < 4.78 is 4.93. The lowest BCUT2D eigenvalue weighted by atomic mass is 10.1. The van der Waals surface area contributed by atoms with Crippen LogP contribution in [-0.2, 0) is 14.3 Å². The summed E-state index contributed by atoms with van der Waals surface area (Å²) in [7, 11) is 1.59. The fourth-order valence-corrected chi connectivity index (χ4v) is 3.63. The maximum atomic E-state index is 12.4. The molecule has 152 valence electrons. The molecule has 0 saturated carbocycles. The molecule has 0 aliphatic carbocycles. The summed E-state index contributed by atoms with van der Waals surface area (Å²) in [6.07, 6.45) is 2.08. The summed E-state index contributed by atoms with van der Waals surface area (Å²) >= 11 is 1.28. The number of methoxy groups -OCH3 is 1. The van der Waals surface area contributed by atoms with Crippen molar-refractivity contribution < 1.29 is 14.3 Å². The van der Waals surface area contributed by atoms with Gasteiger partial charge >= 0.3 is 0 Å². The summed E-state index contributed by atoms with van der Waals surface area (Å²) in [5.41, 5.74) is 3.12. The molecule has 0 fully saturated rings. The van der Waals surface area contributed by atoms with Crippen molar-refractivity contribution in [2.45, 2.75) is 27.2 Å². The first-order valence-electron chi connectivity index (χ1n) is 9.10. The van der Waals surface area contributed by atoms with Crippen molar-refractivity contribution in [3.63, 3.8) is 0 Å². The monoisotopic (exact) mass is 412 g/mol. The number of nitrogens with zero attached hydrogens (tertiary/aromatic N) is 3. The highest BCUT2D eigenvalue weighted by molar-refractivity contribution is 7.14. The van der Waals surface area contributed by atoms with Gasteiger partial charge in [0.1, 0.15) is 11.6 Å². The topological polar surface area (TPSA) is 95.3 Å². The second-order valence-electron chi connectivity index (χ2n) is 6.42. The number of hydrogen-bond acceptors (Lipinski definition) is 6. The molecule has 0 aliphatic rings. The summed E-state index contributed by atoms with van der Waals surface area (Å²) in [6.45, 7) is 6.30. The second kappa shape index (κ2) is 10.5. The highest BCUT2D eigenvalue weighted by atomic mass is 32.1. The van der Waals surface area contributed by atoms with Crippen LogP contribution in [0.1, 0.15) is 30.2 Å². The highest BCUT2D eigenvalue weighted by Crippen LogP contribution is 2.34. The third-order valence-electron chi connectivity index (χ3n) is 4.15. The Morgan fingerprint density at radius 2 is 2.03 bits per heavy atom. The summed E-state index contributed by atoms with van der Waals surface area (Å²) in [6, 6.07) is 7.72. The maximum Gasteiger partial charge on any atom is 0.262 e. The van der Waals surface area contributed by atoms with E-state index in [-0.39, 0.29) is 11.5 Å². The number of nitrogens with one attached hydrogen (secondary N) is 1. The molecule has 8 heteroatoms. The summed E-state index contributed by atoms with van der Waals surface area (Å²) in [5, 5.41) is 14.2. The number of thiazole rings is 1. The van der Waals surface area contributed by atoms with Gasteiger partial charge in [-0.25, -0.2) is 4.98 Å². The van der Waals surface area contributed by atoms with Crippen molar-refractivity contribution in [3.8, 4) is 6.07 Å². The molecule has 2 amide bonds. The summed E-state index contributed by atoms with van der Waals surface area (Å²) in [4.78, 5) is 30.6. The predicted molar refractivity (Wildman–Crippen MR) is 114 cm³/mol. The van der Waals surface area contributed by atoms with Crippen LogP contribution in [0.25, 0.3) is 6.08 Å². The molecule has 0 atom stereocenters. The molecule has 2 aromatic rings. The number of hydrogen-bond donors (Lipinski definition) is 1. The average molecular weight is 413 g/mol. The van der Waals surface area contributed by atoms with E-state index in [0.29, 0.717) is 30.4 Å². The first kappa shape index (κ1) is 22.3. The van der Waals surface area contributed by atoms with Crippen LogP contribution in [0.15, 0.2) is 29.2 Å². The van der Waals surface area contributed by atoms with Gasteiger partial charge in [-0.05, 0) is 37.5 Å². The van der Waals surface area contributed by atoms with Gasteiger partial charge in [-0.3, -0.25) is 14.5 Å². The van der Waals surface area contributed by atoms with Crippen molar-refractivity contribution in [2.24, 2.45) is 0 Å². The van der Waals surface area contributed by atoms with Crippen molar-refractivity contribution in [3.05, 3.63) is 46.0 Å². The van der Waals surface area contributed by atoms with Crippen LogP contribution in [0, 0.1) is 25.2 Å². The average Bonchev–Trinajstić information content (AvgIpc) is 3.13. The van der Waals surface area contributed by atoms with Crippen molar-refractivity contribution in [2.75, 3.05) is 25.2 Å². The standard InChI is InChI=1S/C21H24N4O3S/c1-14-7-5-8-15(2)19(14)25(16(3)26)21-24-18(13-29-21)11-17(12-22)20(27)23-9-6-10-28-4/h5,7-8,11,13H,6,9-10H2,1-4H3,(H,23,27)/b17-11+. The van der Waals surface area contributed by atoms with E-state index in [1.54, 1.807) is 17.4 Å². The van der Waals surface area contributed by atoms with E-state index in [2.05, 4.69) is 10.3 Å². The molecule has 7 nitrogen and oxygen atoms in total. The molecule has 0 saturated heterocycles. The Hall–Kier alpha value is -3.02. The quantitative estimate of drug-likeness (QED) is 0.407. The van der Waals surface area contributed by atoms with E-state index in [1.807, 2.05) is 38.1 Å². The SMILES string of the molecule is COCCCNC(=O)/C(C#N)=C/c1csc(N(C(C)=O)c2c(C)cccc2C)n1. The third kappa shape index (κ3) is 5.73. The summed E-state index contributed by atoms with van der Waals surface area (Å²) in [5.74, 6) is -0.625. The highest BCUT2D eigenvalue weighted by Gasteiger charge is 2.21. The first-order chi connectivity index (χ1) is 13.9. The minimum Gasteiger partial charge on any atom is -0.385 e. The van der Waals surface area contributed by atoms with Crippen LogP contribution in [0.5, 0.6) is 0 Å². The third-order valence-corrected chi connectivity index (χ3v) is 4.99. The number of carbonyl (C=O) groups excluding carboxylic acids is 2. The zero-order valence-corrected chi connectivity index (χ0v) is 17.8. The van der Waals surface area contributed by atoms with Crippen LogP contribution in [-0.4, -0.2) is 37.1 Å². The van der Waals surface area contributed by atoms with Gasteiger partial charge in [0, 0.05) is 32.6 Å². The number of amides is 2. The molecule has 0 radical (unpaired) electrons. The van der Waals surface area contributed by atoms with Gasteiger partial charge in [0.2, 0.25) is 5.91 Å². The van der Waals surface area contributed by atoms with Crippen LogP contribution in [0.2, 0.25) is 0 Å². The number of benzene rings is 1. The zero-order valence-electron chi connectivity index (χ0n) is 17.0. The van der Waals surface area contributed by atoms with Gasteiger partial charge in [-0.1, -0.05) is 18.2 Å². The lowest BCUT2D eigenvalue weighted by Crippen LogP contribution is -2.26. The molecule has 1 aromatic heterocycles.